The van der Waals surface area contributed by atoms with Crippen molar-refractivity contribution in [2.45, 2.75) is 32.6 Å². The van der Waals surface area contributed by atoms with Gasteiger partial charge in [-0.3, -0.25) is 4.68 Å². The van der Waals surface area contributed by atoms with Crippen LogP contribution in [0.5, 0.6) is 0 Å². The van der Waals surface area contributed by atoms with Crippen LogP contribution in [0.15, 0.2) is 30.5 Å². The summed E-state index contributed by atoms with van der Waals surface area (Å²) in [7, 11) is 0. The molecule has 20 heavy (non-hydrogen) atoms. The van der Waals surface area contributed by atoms with Crippen LogP contribution < -0.4 is 5.73 Å². The molecule has 6 heteroatoms. The summed E-state index contributed by atoms with van der Waals surface area (Å²) in [6.07, 6.45) is -2.66. The molecule has 0 bridgehead atoms. The van der Waals surface area contributed by atoms with Gasteiger partial charge in [0.2, 0.25) is 0 Å². The summed E-state index contributed by atoms with van der Waals surface area (Å²) < 4.78 is 39.5. The minimum absolute atomic E-state index is 0.229. The fourth-order valence-electron chi connectivity index (χ4n) is 2.11. The standard InChI is InChI=1S/C14H16F3N3/c1-3-20-13(12(8-19-20)9(2)18)10-4-6-11(7-5-10)14(15,16)17/h4-9H,3,18H2,1-2H3. The molecule has 1 aromatic carbocycles. The molecule has 1 atom stereocenters. The summed E-state index contributed by atoms with van der Waals surface area (Å²) >= 11 is 0. The number of halogens is 3. The zero-order valence-electron chi connectivity index (χ0n) is 11.3. The summed E-state index contributed by atoms with van der Waals surface area (Å²) in [5, 5.41) is 4.22. The fourth-order valence-corrected chi connectivity index (χ4v) is 2.11. The highest BCUT2D eigenvalue weighted by atomic mass is 19.4. The van der Waals surface area contributed by atoms with Gasteiger partial charge in [-0.1, -0.05) is 12.1 Å². The Labute approximate surface area is 115 Å². The summed E-state index contributed by atoms with van der Waals surface area (Å²) in [6, 6.07) is 4.84. The molecule has 0 radical (unpaired) electrons. The van der Waals surface area contributed by atoms with Crippen LogP contribution >= 0.6 is 0 Å². The van der Waals surface area contributed by atoms with Crippen LogP contribution in [0.1, 0.15) is 31.0 Å². The molecule has 0 saturated heterocycles. The van der Waals surface area contributed by atoms with Crippen molar-refractivity contribution in [2.75, 3.05) is 0 Å². The van der Waals surface area contributed by atoms with Crippen LogP contribution in [0, 0.1) is 0 Å². The van der Waals surface area contributed by atoms with E-state index in [-0.39, 0.29) is 6.04 Å². The third-order valence-corrected chi connectivity index (χ3v) is 3.14. The van der Waals surface area contributed by atoms with E-state index in [2.05, 4.69) is 5.10 Å². The van der Waals surface area contributed by atoms with Gasteiger partial charge in [0.25, 0.3) is 0 Å². The van der Waals surface area contributed by atoms with Gasteiger partial charge < -0.3 is 5.73 Å². The van der Waals surface area contributed by atoms with Crippen molar-refractivity contribution in [3.05, 3.63) is 41.6 Å². The van der Waals surface area contributed by atoms with E-state index in [9.17, 15) is 13.2 Å². The number of alkyl halides is 3. The lowest BCUT2D eigenvalue weighted by Crippen LogP contribution is -2.08. The van der Waals surface area contributed by atoms with Gasteiger partial charge in [-0.05, 0) is 26.0 Å². The van der Waals surface area contributed by atoms with Gasteiger partial charge in [0.1, 0.15) is 0 Å². The molecule has 2 N–H and O–H groups in total. The van der Waals surface area contributed by atoms with Gasteiger partial charge in [0.15, 0.2) is 0 Å². The van der Waals surface area contributed by atoms with Gasteiger partial charge in [-0.25, -0.2) is 0 Å². The van der Waals surface area contributed by atoms with Crippen LogP contribution in [-0.2, 0) is 12.7 Å². The third-order valence-electron chi connectivity index (χ3n) is 3.14. The van der Waals surface area contributed by atoms with Gasteiger partial charge >= 0.3 is 6.18 Å². The van der Waals surface area contributed by atoms with Crippen LogP contribution in [0.25, 0.3) is 11.3 Å². The number of nitrogens with two attached hydrogens (primary N) is 1. The second-order valence-corrected chi connectivity index (χ2v) is 4.63. The largest absolute Gasteiger partial charge is 0.416 e. The molecule has 1 heterocycles. The maximum Gasteiger partial charge on any atom is 0.416 e. The minimum atomic E-state index is -4.33. The van der Waals surface area contributed by atoms with Crippen molar-refractivity contribution in [1.29, 1.82) is 0 Å². The molecule has 0 spiro atoms. The molecule has 0 amide bonds. The molecule has 1 unspecified atom stereocenters. The molecule has 2 aromatic rings. The normalized spacial score (nSPS) is 13.5. The van der Waals surface area contributed by atoms with E-state index in [0.29, 0.717) is 12.1 Å². The van der Waals surface area contributed by atoms with Crippen molar-refractivity contribution in [3.8, 4) is 11.3 Å². The lowest BCUT2D eigenvalue weighted by atomic mass is 10.0. The Balaban J connectivity index is 2.49. The van der Waals surface area contributed by atoms with E-state index in [4.69, 9.17) is 5.73 Å². The first-order valence-electron chi connectivity index (χ1n) is 6.33. The van der Waals surface area contributed by atoms with Gasteiger partial charge in [-0.15, -0.1) is 0 Å². The maximum atomic E-state index is 12.6. The van der Waals surface area contributed by atoms with Crippen molar-refractivity contribution in [1.82, 2.24) is 9.78 Å². The zero-order valence-corrected chi connectivity index (χ0v) is 11.3. The number of rotatable bonds is 3. The fraction of sp³-hybridized carbons (Fsp3) is 0.357. The number of aryl methyl sites for hydroxylation is 1. The highest BCUT2D eigenvalue weighted by molar-refractivity contribution is 5.64. The molecule has 0 fully saturated rings. The van der Waals surface area contributed by atoms with E-state index in [1.807, 2.05) is 13.8 Å². The maximum absolute atomic E-state index is 12.6. The molecule has 3 nitrogen and oxygen atoms in total. The Morgan fingerprint density at radius 3 is 2.30 bits per heavy atom. The average Bonchev–Trinajstić information content (AvgIpc) is 2.81. The van der Waals surface area contributed by atoms with E-state index >= 15 is 0 Å². The van der Waals surface area contributed by atoms with E-state index in [0.717, 1.165) is 23.4 Å². The quantitative estimate of drug-likeness (QED) is 0.935. The van der Waals surface area contributed by atoms with E-state index in [1.165, 1.54) is 12.1 Å². The van der Waals surface area contributed by atoms with Crippen molar-refractivity contribution >= 4 is 0 Å². The molecule has 0 aliphatic heterocycles. The first-order chi connectivity index (χ1) is 9.34. The van der Waals surface area contributed by atoms with Crippen LogP contribution in [-0.4, -0.2) is 9.78 Å². The van der Waals surface area contributed by atoms with Crippen molar-refractivity contribution in [3.63, 3.8) is 0 Å². The van der Waals surface area contributed by atoms with Crippen LogP contribution in [0.4, 0.5) is 13.2 Å². The molecule has 1 aromatic heterocycles. The zero-order chi connectivity index (χ0) is 14.9. The summed E-state index contributed by atoms with van der Waals surface area (Å²) in [5.74, 6) is 0. The lowest BCUT2D eigenvalue weighted by Gasteiger charge is -2.12. The average molecular weight is 283 g/mol. The molecular weight excluding hydrogens is 267 g/mol. The number of nitrogens with zero attached hydrogens (tertiary/aromatic N) is 2. The number of benzene rings is 1. The molecule has 108 valence electrons. The molecule has 0 aliphatic carbocycles. The third kappa shape index (κ3) is 2.70. The predicted octanol–water partition coefficient (Wildman–Crippen LogP) is 3.61. The SMILES string of the molecule is CCn1ncc(C(C)N)c1-c1ccc(C(F)(F)F)cc1. The van der Waals surface area contributed by atoms with Crippen molar-refractivity contribution < 1.29 is 13.2 Å². The number of aromatic nitrogens is 2. The Morgan fingerprint density at radius 2 is 1.85 bits per heavy atom. The first-order valence-corrected chi connectivity index (χ1v) is 6.33. The van der Waals surface area contributed by atoms with E-state index in [1.54, 1.807) is 10.9 Å². The van der Waals surface area contributed by atoms with Gasteiger partial charge in [0, 0.05) is 23.7 Å². The topological polar surface area (TPSA) is 43.8 Å². The molecular formula is C14H16F3N3. The van der Waals surface area contributed by atoms with Gasteiger partial charge in [0.05, 0.1) is 17.5 Å². The van der Waals surface area contributed by atoms with Crippen LogP contribution in [0.2, 0.25) is 0 Å². The number of hydrogen-bond acceptors (Lipinski definition) is 2. The smallest absolute Gasteiger partial charge is 0.324 e. The summed E-state index contributed by atoms with van der Waals surface area (Å²) in [6.45, 7) is 4.37. The van der Waals surface area contributed by atoms with E-state index < -0.39 is 11.7 Å². The Morgan fingerprint density at radius 1 is 1.25 bits per heavy atom. The first kappa shape index (κ1) is 14.6. The predicted molar refractivity (Wildman–Crippen MR) is 70.9 cm³/mol. The highest BCUT2D eigenvalue weighted by Crippen LogP contribution is 2.32. The minimum Gasteiger partial charge on any atom is -0.324 e. The highest BCUT2D eigenvalue weighted by Gasteiger charge is 2.30. The van der Waals surface area contributed by atoms with Gasteiger partial charge in [-0.2, -0.15) is 18.3 Å². The Bertz CT molecular complexity index is 583. The van der Waals surface area contributed by atoms with Crippen LogP contribution in [0.3, 0.4) is 0 Å². The Hall–Kier alpha value is -1.82. The lowest BCUT2D eigenvalue weighted by molar-refractivity contribution is -0.137. The molecule has 2 rings (SSSR count). The summed E-state index contributed by atoms with van der Waals surface area (Å²) in [5.41, 5.74) is 7.51. The van der Waals surface area contributed by atoms with Crippen molar-refractivity contribution in [2.24, 2.45) is 5.73 Å². The molecule has 0 saturated carbocycles. The Kier molecular flexibility index (Phi) is 3.85. The monoisotopic (exact) mass is 283 g/mol. The number of hydrogen-bond donors (Lipinski definition) is 1. The summed E-state index contributed by atoms with van der Waals surface area (Å²) in [4.78, 5) is 0. The molecule has 0 aliphatic rings. The second kappa shape index (κ2) is 5.28. The second-order valence-electron chi connectivity index (χ2n) is 4.63.